The molecule has 0 radical (unpaired) electrons. The second-order valence-corrected chi connectivity index (χ2v) is 9.08. The van der Waals surface area contributed by atoms with Crippen molar-refractivity contribution in [1.82, 2.24) is 9.96 Å². The van der Waals surface area contributed by atoms with Crippen LogP contribution in [0.25, 0.3) is 10.8 Å². The predicted molar refractivity (Wildman–Crippen MR) is 145 cm³/mol. The Balaban J connectivity index is 1.34. The van der Waals surface area contributed by atoms with Crippen molar-refractivity contribution >= 4 is 34.4 Å². The molecule has 0 fully saturated rings. The number of amides is 2. The summed E-state index contributed by atoms with van der Waals surface area (Å²) in [6.07, 6.45) is 0.825. The minimum Gasteiger partial charge on any atom is -0.469 e. The lowest BCUT2D eigenvalue weighted by atomic mass is 10.1. The third kappa shape index (κ3) is 9.17. The largest absolute Gasteiger partial charge is 0.469 e. The summed E-state index contributed by atoms with van der Waals surface area (Å²) in [7, 11) is 3.27. The van der Waals surface area contributed by atoms with Crippen LogP contribution in [0.2, 0.25) is 0 Å². The molecule has 3 rings (SSSR count). The Morgan fingerprint density at radius 3 is 2.32 bits per heavy atom. The van der Waals surface area contributed by atoms with Gasteiger partial charge in [-0.15, -0.1) is 0 Å². The first kappa shape index (κ1) is 28.6. The molecule has 3 aromatic carbocycles. The molecule has 202 valence electrons. The molecule has 0 aliphatic heterocycles. The van der Waals surface area contributed by atoms with Crippen LogP contribution >= 0.6 is 0 Å². The zero-order valence-corrected chi connectivity index (χ0v) is 21.9. The van der Waals surface area contributed by atoms with E-state index in [1.54, 1.807) is 0 Å². The quantitative estimate of drug-likeness (QED) is 0.141. The Labute approximate surface area is 222 Å². The molecule has 0 saturated carbocycles. The van der Waals surface area contributed by atoms with E-state index < -0.39 is 18.0 Å². The summed E-state index contributed by atoms with van der Waals surface area (Å²) >= 11 is 0. The number of hydrogen-bond donors (Lipinski definition) is 2. The van der Waals surface area contributed by atoms with Gasteiger partial charge in [-0.3, -0.25) is 20.1 Å². The number of hydrogen-bond acceptors (Lipinski definition) is 7. The second kappa shape index (κ2) is 14.7. The van der Waals surface area contributed by atoms with Crippen molar-refractivity contribution in [2.75, 3.05) is 32.6 Å². The predicted octanol–water partition coefficient (Wildman–Crippen LogP) is 4.97. The molecule has 2 amide bonds. The molecule has 9 heteroatoms. The van der Waals surface area contributed by atoms with Gasteiger partial charge < -0.3 is 14.4 Å². The molecule has 0 bridgehead atoms. The molecule has 0 aromatic heterocycles. The van der Waals surface area contributed by atoms with Crippen LogP contribution in [0.15, 0.2) is 66.7 Å². The molecule has 2 N–H and O–H groups in total. The van der Waals surface area contributed by atoms with Gasteiger partial charge in [-0.05, 0) is 49.0 Å². The van der Waals surface area contributed by atoms with Gasteiger partial charge in [0.2, 0.25) is 5.91 Å². The number of nitrogens with one attached hydrogen (secondary N) is 1. The van der Waals surface area contributed by atoms with Gasteiger partial charge in [-0.1, -0.05) is 60.7 Å². The molecular weight excluding hydrogens is 486 g/mol. The van der Waals surface area contributed by atoms with Gasteiger partial charge >= 0.3 is 12.1 Å². The minimum atomic E-state index is -0.503. The summed E-state index contributed by atoms with van der Waals surface area (Å²) in [6.45, 7) is 1.92. The summed E-state index contributed by atoms with van der Waals surface area (Å²) in [5, 5.41) is 15.3. The SMILES string of the molecule is COC(=O)CCC(=O)N(O)CCCCN(C)Cc1ccc(COC(=O)Nc2cccc3ccccc23)cc1. The van der Waals surface area contributed by atoms with E-state index in [0.717, 1.165) is 41.4 Å². The van der Waals surface area contributed by atoms with Crippen LogP contribution in [-0.2, 0) is 32.2 Å². The molecular formula is C29H35N3O6. The van der Waals surface area contributed by atoms with Crippen LogP contribution < -0.4 is 5.32 Å². The number of methoxy groups -OCH3 is 1. The fourth-order valence-electron chi connectivity index (χ4n) is 3.97. The maximum Gasteiger partial charge on any atom is 0.411 e. The van der Waals surface area contributed by atoms with Crippen LogP contribution in [0.1, 0.15) is 36.8 Å². The molecule has 0 spiro atoms. The van der Waals surface area contributed by atoms with Gasteiger partial charge in [0.25, 0.3) is 0 Å². The lowest BCUT2D eigenvalue weighted by molar-refractivity contribution is -0.167. The summed E-state index contributed by atoms with van der Waals surface area (Å²) in [5.41, 5.74) is 2.73. The van der Waals surface area contributed by atoms with Crippen LogP contribution in [0.5, 0.6) is 0 Å². The molecule has 0 unspecified atom stereocenters. The molecule has 38 heavy (non-hydrogen) atoms. The van der Waals surface area contributed by atoms with E-state index in [1.807, 2.05) is 73.8 Å². The highest BCUT2D eigenvalue weighted by Gasteiger charge is 2.13. The number of anilines is 1. The van der Waals surface area contributed by atoms with Crippen LogP contribution in [0, 0.1) is 0 Å². The minimum absolute atomic E-state index is 0.0433. The standard InChI is InChI=1S/C29H35N3O6/c1-31(18-5-6-19-32(36)27(33)16-17-28(34)37-2)20-22-12-14-23(15-13-22)21-38-29(35)30-26-11-7-9-24-8-3-4-10-25(24)26/h3-4,7-15,36H,5-6,16-21H2,1-2H3,(H,30,35). The Morgan fingerprint density at radius 2 is 1.55 bits per heavy atom. The van der Waals surface area contributed by atoms with Gasteiger partial charge in [0, 0.05) is 24.9 Å². The summed E-state index contributed by atoms with van der Waals surface area (Å²) in [4.78, 5) is 37.4. The summed E-state index contributed by atoms with van der Waals surface area (Å²) in [6, 6.07) is 21.5. The van der Waals surface area contributed by atoms with Gasteiger partial charge in [-0.25, -0.2) is 9.86 Å². The lowest BCUT2D eigenvalue weighted by Gasteiger charge is -2.18. The number of carbonyl (C=O) groups excluding carboxylic acids is 3. The number of benzene rings is 3. The van der Waals surface area contributed by atoms with E-state index >= 15 is 0 Å². The monoisotopic (exact) mass is 521 g/mol. The average molecular weight is 522 g/mol. The van der Waals surface area contributed by atoms with Crippen LogP contribution in [-0.4, -0.2) is 60.4 Å². The van der Waals surface area contributed by atoms with Crippen LogP contribution in [0.4, 0.5) is 10.5 Å². The highest BCUT2D eigenvalue weighted by atomic mass is 16.5. The fraction of sp³-hybridized carbons (Fsp3) is 0.345. The number of fused-ring (bicyclic) bond motifs is 1. The van der Waals surface area contributed by atoms with Crippen molar-refractivity contribution < 1.29 is 29.1 Å². The first-order chi connectivity index (χ1) is 18.4. The Kier molecular flexibility index (Phi) is 11.1. The normalized spacial score (nSPS) is 10.8. The second-order valence-electron chi connectivity index (χ2n) is 9.08. The number of hydroxylamine groups is 2. The molecule has 3 aromatic rings. The molecule has 0 aliphatic rings. The number of ether oxygens (including phenoxy) is 2. The number of nitrogens with zero attached hydrogens (tertiary/aromatic N) is 2. The Bertz CT molecular complexity index is 1210. The van der Waals surface area contributed by atoms with Crippen molar-refractivity contribution in [2.24, 2.45) is 0 Å². The number of carbonyl (C=O) groups is 3. The van der Waals surface area contributed by atoms with Gasteiger partial charge in [0.1, 0.15) is 6.61 Å². The zero-order valence-electron chi connectivity index (χ0n) is 21.9. The van der Waals surface area contributed by atoms with E-state index in [2.05, 4.69) is 15.0 Å². The number of unbranched alkanes of at least 4 members (excludes halogenated alkanes) is 1. The zero-order chi connectivity index (χ0) is 27.3. The summed E-state index contributed by atoms with van der Waals surface area (Å²) < 4.78 is 9.90. The van der Waals surface area contributed by atoms with Crippen LogP contribution in [0.3, 0.4) is 0 Å². The number of rotatable bonds is 13. The lowest BCUT2D eigenvalue weighted by Crippen LogP contribution is -2.29. The molecule has 0 saturated heterocycles. The molecule has 0 aliphatic carbocycles. The van der Waals surface area contributed by atoms with Gasteiger partial charge in [-0.2, -0.15) is 0 Å². The first-order valence-electron chi connectivity index (χ1n) is 12.6. The smallest absolute Gasteiger partial charge is 0.411 e. The van der Waals surface area contributed by atoms with Crippen molar-refractivity contribution in [2.45, 2.75) is 38.8 Å². The van der Waals surface area contributed by atoms with Crippen molar-refractivity contribution in [3.63, 3.8) is 0 Å². The topological polar surface area (TPSA) is 108 Å². The Morgan fingerprint density at radius 1 is 0.868 bits per heavy atom. The van der Waals surface area contributed by atoms with E-state index in [4.69, 9.17) is 4.74 Å². The average Bonchev–Trinajstić information content (AvgIpc) is 2.93. The fourth-order valence-corrected chi connectivity index (χ4v) is 3.97. The van der Waals surface area contributed by atoms with E-state index in [0.29, 0.717) is 17.2 Å². The third-order valence-electron chi connectivity index (χ3n) is 6.09. The maximum atomic E-state index is 12.3. The highest BCUT2D eigenvalue weighted by molar-refractivity contribution is 6.00. The van der Waals surface area contributed by atoms with Crippen molar-refractivity contribution in [1.29, 1.82) is 0 Å². The molecule has 0 atom stereocenters. The summed E-state index contributed by atoms with van der Waals surface area (Å²) in [5.74, 6) is -0.963. The maximum absolute atomic E-state index is 12.3. The van der Waals surface area contributed by atoms with E-state index in [-0.39, 0.29) is 26.0 Å². The van der Waals surface area contributed by atoms with Gasteiger partial charge in [0.05, 0.1) is 19.2 Å². The third-order valence-corrected chi connectivity index (χ3v) is 6.09. The molecule has 9 nitrogen and oxygen atoms in total. The Hall–Kier alpha value is -3.95. The van der Waals surface area contributed by atoms with Crippen molar-refractivity contribution in [3.05, 3.63) is 77.9 Å². The molecule has 0 heterocycles. The van der Waals surface area contributed by atoms with Crippen molar-refractivity contribution in [3.8, 4) is 0 Å². The number of esters is 1. The van der Waals surface area contributed by atoms with Gasteiger partial charge in [0.15, 0.2) is 0 Å². The van der Waals surface area contributed by atoms with E-state index in [1.165, 1.54) is 7.11 Å². The van der Waals surface area contributed by atoms with E-state index in [9.17, 15) is 19.6 Å². The first-order valence-corrected chi connectivity index (χ1v) is 12.6. The highest BCUT2D eigenvalue weighted by Crippen LogP contribution is 2.23.